The maximum atomic E-state index is 5.44. The molecule has 0 bridgehead atoms. The molecule has 2 nitrogen and oxygen atoms in total. The zero-order chi connectivity index (χ0) is 9.45. The molecular weight excluding hydrogens is 152 g/mol. The van der Waals surface area contributed by atoms with Crippen LogP contribution in [-0.4, -0.2) is 25.4 Å². The molecule has 0 saturated carbocycles. The van der Waals surface area contributed by atoms with Gasteiger partial charge in [-0.2, -0.15) is 0 Å². The summed E-state index contributed by atoms with van der Waals surface area (Å²) in [7, 11) is 0. The van der Waals surface area contributed by atoms with Crippen molar-refractivity contribution in [1.29, 1.82) is 0 Å². The van der Waals surface area contributed by atoms with Gasteiger partial charge in [0.05, 0.1) is 5.60 Å². The minimum absolute atomic E-state index is 0.230. The lowest BCUT2D eigenvalue weighted by Gasteiger charge is -2.24. The van der Waals surface area contributed by atoms with Gasteiger partial charge in [-0.25, -0.2) is 0 Å². The highest BCUT2D eigenvalue weighted by Gasteiger charge is 2.16. The van der Waals surface area contributed by atoms with Crippen LogP contribution in [0.3, 0.4) is 0 Å². The molecule has 0 fully saturated rings. The van der Waals surface area contributed by atoms with E-state index in [-0.39, 0.29) is 5.60 Å². The van der Waals surface area contributed by atoms with Crippen molar-refractivity contribution in [3.8, 4) is 0 Å². The summed E-state index contributed by atoms with van der Waals surface area (Å²) in [5.74, 6) is 0. The van der Waals surface area contributed by atoms with Crippen molar-refractivity contribution < 1.29 is 9.47 Å². The summed E-state index contributed by atoms with van der Waals surface area (Å²) in [6.45, 7) is 12.3. The minimum Gasteiger partial charge on any atom is -0.382 e. The Hall–Kier alpha value is -0.0800. The van der Waals surface area contributed by atoms with Gasteiger partial charge in [0.1, 0.15) is 0 Å². The van der Waals surface area contributed by atoms with E-state index in [4.69, 9.17) is 9.47 Å². The van der Waals surface area contributed by atoms with Crippen molar-refractivity contribution in [1.82, 2.24) is 0 Å². The lowest BCUT2D eigenvalue weighted by Crippen LogP contribution is -2.25. The second kappa shape index (κ2) is 6.44. The third-order valence-electron chi connectivity index (χ3n) is 1.69. The van der Waals surface area contributed by atoms with Crippen LogP contribution < -0.4 is 0 Å². The van der Waals surface area contributed by atoms with Gasteiger partial charge in [-0.1, -0.05) is 0 Å². The summed E-state index contributed by atoms with van der Waals surface area (Å²) in [4.78, 5) is 0. The van der Waals surface area contributed by atoms with E-state index in [1.54, 1.807) is 0 Å². The summed E-state index contributed by atoms with van der Waals surface area (Å²) in [6, 6.07) is 0. The van der Waals surface area contributed by atoms with Crippen molar-refractivity contribution in [3.05, 3.63) is 6.92 Å². The molecule has 0 aliphatic heterocycles. The van der Waals surface area contributed by atoms with Gasteiger partial charge in [-0.3, -0.25) is 0 Å². The summed E-state index contributed by atoms with van der Waals surface area (Å²) >= 11 is 0. The maximum Gasteiger partial charge on any atom is 0.0656 e. The fraction of sp³-hybridized carbons (Fsp3) is 0.900. The Balaban J connectivity index is 3.33. The standard InChI is InChI=1S/C10H21O2/c1-5-11-9-7-8-10(3,4)12-6-2/h3,5-9H2,1-2,4H3. The number of hydrogen-bond donors (Lipinski definition) is 0. The maximum absolute atomic E-state index is 5.44. The van der Waals surface area contributed by atoms with Crippen molar-refractivity contribution in [3.63, 3.8) is 0 Å². The fourth-order valence-electron chi connectivity index (χ4n) is 1.11. The van der Waals surface area contributed by atoms with Gasteiger partial charge in [-0.05, 0) is 40.5 Å². The van der Waals surface area contributed by atoms with Gasteiger partial charge in [-0.15, -0.1) is 0 Å². The molecule has 0 aromatic rings. The lowest BCUT2D eigenvalue weighted by molar-refractivity contribution is -0.00207. The Morgan fingerprint density at radius 1 is 1.25 bits per heavy atom. The largest absolute Gasteiger partial charge is 0.382 e. The smallest absolute Gasteiger partial charge is 0.0656 e. The Morgan fingerprint density at radius 3 is 2.42 bits per heavy atom. The molecule has 1 radical (unpaired) electrons. The molecule has 0 aromatic carbocycles. The van der Waals surface area contributed by atoms with Crippen LogP contribution in [0.25, 0.3) is 0 Å². The number of rotatable bonds is 7. The molecule has 1 atom stereocenters. The van der Waals surface area contributed by atoms with Crippen LogP contribution >= 0.6 is 0 Å². The fourth-order valence-corrected chi connectivity index (χ4v) is 1.11. The quantitative estimate of drug-likeness (QED) is 0.550. The van der Waals surface area contributed by atoms with Crippen LogP contribution in [0.15, 0.2) is 0 Å². The van der Waals surface area contributed by atoms with Gasteiger partial charge in [0.2, 0.25) is 0 Å². The Bertz CT molecular complexity index is 100. The van der Waals surface area contributed by atoms with E-state index in [0.29, 0.717) is 0 Å². The van der Waals surface area contributed by atoms with Gasteiger partial charge in [0.25, 0.3) is 0 Å². The summed E-state index contributed by atoms with van der Waals surface area (Å²) in [5, 5.41) is 0. The summed E-state index contributed by atoms with van der Waals surface area (Å²) in [6.07, 6.45) is 1.98. The molecule has 2 heteroatoms. The predicted molar refractivity (Wildman–Crippen MR) is 51.1 cm³/mol. The SMILES string of the molecule is [CH2]C(C)(CCCOCC)OCC. The van der Waals surface area contributed by atoms with E-state index in [0.717, 1.165) is 32.7 Å². The topological polar surface area (TPSA) is 18.5 Å². The van der Waals surface area contributed by atoms with E-state index in [2.05, 4.69) is 6.92 Å². The Labute approximate surface area is 76.3 Å². The molecule has 73 valence electrons. The van der Waals surface area contributed by atoms with Gasteiger partial charge >= 0.3 is 0 Å². The minimum atomic E-state index is -0.230. The third-order valence-corrected chi connectivity index (χ3v) is 1.69. The second-order valence-electron chi connectivity index (χ2n) is 3.18. The van der Waals surface area contributed by atoms with Crippen molar-refractivity contribution in [2.24, 2.45) is 0 Å². The van der Waals surface area contributed by atoms with Crippen LogP contribution in [0, 0.1) is 6.92 Å². The summed E-state index contributed by atoms with van der Waals surface area (Å²) < 4.78 is 10.7. The highest BCUT2D eigenvalue weighted by molar-refractivity contribution is 4.77. The molecule has 1 unspecified atom stereocenters. The monoisotopic (exact) mass is 173 g/mol. The molecule has 12 heavy (non-hydrogen) atoms. The first-order valence-corrected chi connectivity index (χ1v) is 4.69. The first-order valence-electron chi connectivity index (χ1n) is 4.69. The van der Waals surface area contributed by atoms with Crippen LogP contribution in [-0.2, 0) is 9.47 Å². The van der Waals surface area contributed by atoms with Crippen molar-refractivity contribution >= 4 is 0 Å². The van der Waals surface area contributed by atoms with Gasteiger partial charge < -0.3 is 9.47 Å². The van der Waals surface area contributed by atoms with Gasteiger partial charge in [0, 0.05) is 19.8 Å². The van der Waals surface area contributed by atoms with Crippen molar-refractivity contribution in [2.75, 3.05) is 19.8 Å². The zero-order valence-electron chi connectivity index (χ0n) is 8.56. The summed E-state index contributed by atoms with van der Waals surface area (Å²) in [5.41, 5.74) is -0.230. The van der Waals surface area contributed by atoms with E-state index in [1.165, 1.54) is 0 Å². The average Bonchev–Trinajstić information content (AvgIpc) is 1.98. The van der Waals surface area contributed by atoms with E-state index in [1.807, 2.05) is 20.8 Å². The average molecular weight is 173 g/mol. The van der Waals surface area contributed by atoms with Crippen LogP contribution in [0.5, 0.6) is 0 Å². The highest BCUT2D eigenvalue weighted by atomic mass is 16.5. The van der Waals surface area contributed by atoms with Crippen LogP contribution in [0.2, 0.25) is 0 Å². The molecule has 0 aliphatic rings. The van der Waals surface area contributed by atoms with Crippen LogP contribution in [0.4, 0.5) is 0 Å². The van der Waals surface area contributed by atoms with E-state index < -0.39 is 0 Å². The molecule has 0 rings (SSSR count). The van der Waals surface area contributed by atoms with Crippen LogP contribution in [0.1, 0.15) is 33.6 Å². The molecular formula is C10H21O2. The lowest BCUT2D eigenvalue weighted by atomic mass is 10.0. The highest BCUT2D eigenvalue weighted by Crippen LogP contribution is 2.15. The predicted octanol–water partition coefficient (Wildman–Crippen LogP) is 2.43. The molecule has 0 N–H and O–H groups in total. The second-order valence-corrected chi connectivity index (χ2v) is 3.18. The third kappa shape index (κ3) is 6.62. The normalized spacial score (nSPS) is 12.0. The molecule has 0 heterocycles. The first kappa shape index (κ1) is 11.9. The Morgan fingerprint density at radius 2 is 1.92 bits per heavy atom. The van der Waals surface area contributed by atoms with Gasteiger partial charge in [0.15, 0.2) is 0 Å². The van der Waals surface area contributed by atoms with E-state index >= 15 is 0 Å². The number of ether oxygens (including phenoxy) is 2. The molecule has 0 aliphatic carbocycles. The molecule has 0 saturated heterocycles. The first-order chi connectivity index (χ1) is 5.62. The molecule has 0 amide bonds. The molecule has 0 spiro atoms. The molecule has 0 aromatic heterocycles. The zero-order valence-corrected chi connectivity index (χ0v) is 8.56. The van der Waals surface area contributed by atoms with Crippen molar-refractivity contribution in [2.45, 2.75) is 39.2 Å². The number of hydrogen-bond acceptors (Lipinski definition) is 2. The van der Waals surface area contributed by atoms with E-state index in [9.17, 15) is 0 Å². The Kier molecular flexibility index (Phi) is 6.39.